The van der Waals surface area contributed by atoms with Crippen LogP contribution in [-0.4, -0.2) is 45.3 Å². The molecule has 6 nitrogen and oxygen atoms in total. The zero-order valence-electron chi connectivity index (χ0n) is 12.8. The Balaban J connectivity index is 1.95. The minimum atomic E-state index is 0.392. The Morgan fingerprint density at radius 1 is 1.24 bits per heavy atom. The second kappa shape index (κ2) is 6.39. The maximum atomic E-state index is 5.65. The predicted molar refractivity (Wildman–Crippen MR) is 82.5 cm³/mol. The zero-order chi connectivity index (χ0) is 14.7. The average Bonchev–Trinajstić information content (AvgIpc) is 2.96. The number of hydrogen-bond acceptors (Lipinski definition) is 5. The third-order valence-electron chi connectivity index (χ3n) is 4.14. The first-order valence-electron chi connectivity index (χ1n) is 7.85. The summed E-state index contributed by atoms with van der Waals surface area (Å²) in [5.41, 5.74) is 1.82. The Bertz CT molecular complexity index is 597. The van der Waals surface area contributed by atoms with Gasteiger partial charge in [-0.25, -0.2) is 15.0 Å². The molecule has 1 aliphatic heterocycles. The highest BCUT2D eigenvalue weighted by atomic mass is 16.5. The predicted octanol–water partition coefficient (Wildman–Crippen LogP) is 2.24. The van der Waals surface area contributed by atoms with Gasteiger partial charge in [0.1, 0.15) is 6.33 Å². The van der Waals surface area contributed by atoms with Gasteiger partial charge in [0.25, 0.3) is 0 Å². The molecule has 0 saturated carbocycles. The molecule has 3 rings (SSSR count). The molecular formula is C15H23N5O. The van der Waals surface area contributed by atoms with Gasteiger partial charge in [0.05, 0.1) is 19.0 Å². The number of rotatable bonds is 5. The van der Waals surface area contributed by atoms with Crippen molar-refractivity contribution in [3.05, 3.63) is 12.7 Å². The maximum Gasteiger partial charge on any atom is 0.165 e. The quantitative estimate of drug-likeness (QED) is 0.845. The summed E-state index contributed by atoms with van der Waals surface area (Å²) in [7, 11) is 0. The van der Waals surface area contributed by atoms with Gasteiger partial charge >= 0.3 is 0 Å². The van der Waals surface area contributed by atoms with E-state index in [0.717, 1.165) is 49.7 Å². The van der Waals surface area contributed by atoms with Gasteiger partial charge in [0, 0.05) is 19.7 Å². The van der Waals surface area contributed by atoms with Crippen molar-refractivity contribution in [3.63, 3.8) is 0 Å². The molecule has 1 aliphatic rings. The molecule has 0 spiro atoms. The average molecular weight is 289 g/mol. The lowest BCUT2D eigenvalue weighted by Gasteiger charge is -2.36. The summed E-state index contributed by atoms with van der Waals surface area (Å²) >= 11 is 0. The Hall–Kier alpha value is -1.69. The minimum Gasteiger partial charge on any atom is -0.380 e. The molecular weight excluding hydrogens is 266 g/mol. The van der Waals surface area contributed by atoms with Crippen LogP contribution in [0.3, 0.4) is 0 Å². The van der Waals surface area contributed by atoms with E-state index in [1.54, 1.807) is 6.33 Å². The Labute approximate surface area is 125 Å². The first-order valence-corrected chi connectivity index (χ1v) is 7.85. The van der Waals surface area contributed by atoms with Crippen molar-refractivity contribution >= 4 is 17.0 Å². The van der Waals surface area contributed by atoms with E-state index in [9.17, 15) is 0 Å². The Morgan fingerprint density at radius 2 is 2.14 bits per heavy atom. The lowest BCUT2D eigenvalue weighted by molar-refractivity contribution is 0.123. The minimum absolute atomic E-state index is 0.392. The van der Waals surface area contributed by atoms with Crippen LogP contribution in [0, 0.1) is 0 Å². The Morgan fingerprint density at radius 3 is 2.95 bits per heavy atom. The molecule has 2 aromatic heterocycles. The molecule has 3 heterocycles. The molecule has 1 fully saturated rings. The summed E-state index contributed by atoms with van der Waals surface area (Å²) in [6.07, 6.45) is 7.11. The highest BCUT2D eigenvalue weighted by molar-refractivity contribution is 5.83. The highest BCUT2D eigenvalue weighted by Crippen LogP contribution is 2.28. The van der Waals surface area contributed by atoms with Crippen LogP contribution in [0.5, 0.6) is 0 Å². The van der Waals surface area contributed by atoms with E-state index >= 15 is 0 Å². The monoisotopic (exact) mass is 289 g/mol. The largest absolute Gasteiger partial charge is 0.380 e. The van der Waals surface area contributed by atoms with E-state index in [2.05, 4.69) is 31.3 Å². The van der Waals surface area contributed by atoms with Crippen molar-refractivity contribution < 1.29 is 4.74 Å². The van der Waals surface area contributed by atoms with Gasteiger partial charge in [0.15, 0.2) is 17.0 Å². The van der Waals surface area contributed by atoms with Crippen LogP contribution in [-0.2, 0) is 11.3 Å². The summed E-state index contributed by atoms with van der Waals surface area (Å²) in [6.45, 7) is 7.54. The fourth-order valence-electron chi connectivity index (χ4n) is 3.02. The molecule has 114 valence electrons. The van der Waals surface area contributed by atoms with Crippen LogP contribution in [0.2, 0.25) is 0 Å². The Kier molecular flexibility index (Phi) is 4.34. The lowest BCUT2D eigenvalue weighted by atomic mass is 10.0. The molecule has 1 atom stereocenters. The number of nitrogens with zero attached hydrogens (tertiary/aromatic N) is 5. The van der Waals surface area contributed by atoms with Gasteiger partial charge in [0.2, 0.25) is 0 Å². The van der Waals surface area contributed by atoms with E-state index in [-0.39, 0.29) is 0 Å². The number of hydrogen-bond donors (Lipinski definition) is 0. The van der Waals surface area contributed by atoms with Crippen LogP contribution in [0.4, 0.5) is 5.82 Å². The smallest absolute Gasteiger partial charge is 0.165 e. The van der Waals surface area contributed by atoms with Crippen LogP contribution >= 0.6 is 0 Å². The topological polar surface area (TPSA) is 56.1 Å². The van der Waals surface area contributed by atoms with Crippen LogP contribution in [0.1, 0.15) is 33.1 Å². The first kappa shape index (κ1) is 14.3. The molecule has 0 bridgehead atoms. The van der Waals surface area contributed by atoms with E-state index in [1.807, 2.05) is 13.3 Å². The van der Waals surface area contributed by atoms with Crippen LogP contribution in [0.25, 0.3) is 11.2 Å². The fraction of sp³-hybridized carbons (Fsp3) is 0.667. The van der Waals surface area contributed by atoms with Crippen molar-refractivity contribution in [2.24, 2.45) is 0 Å². The lowest BCUT2D eigenvalue weighted by Crippen LogP contribution is -2.43. The van der Waals surface area contributed by atoms with E-state index in [0.29, 0.717) is 6.04 Å². The van der Waals surface area contributed by atoms with Gasteiger partial charge in [-0.05, 0) is 33.1 Å². The molecule has 21 heavy (non-hydrogen) atoms. The fourth-order valence-corrected chi connectivity index (χ4v) is 3.02. The number of imidazole rings is 1. The van der Waals surface area contributed by atoms with E-state index in [4.69, 9.17) is 4.74 Å². The number of aromatic nitrogens is 4. The summed E-state index contributed by atoms with van der Waals surface area (Å²) in [5, 5.41) is 0. The maximum absolute atomic E-state index is 5.65. The molecule has 0 aliphatic carbocycles. The third kappa shape index (κ3) is 2.72. The summed E-state index contributed by atoms with van der Waals surface area (Å²) in [5.74, 6) is 0.955. The van der Waals surface area contributed by atoms with Gasteiger partial charge < -0.3 is 14.2 Å². The molecule has 0 aromatic carbocycles. The molecule has 2 aromatic rings. The van der Waals surface area contributed by atoms with Crippen LogP contribution < -0.4 is 4.90 Å². The van der Waals surface area contributed by atoms with Gasteiger partial charge in [-0.1, -0.05) is 0 Å². The summed E-state index contributed by atoms with van der Waals surface area (Å²) in [4.78, 5) is 15.8. The SMILES string of the molecule is CCOC[C@@H]1CCCCN1c1ncnc2c1ncn2CC. The number of aryl methyl sites for hydroxylation is 1. The number of ether oxygens (including phenoxy) is 1. The van der Waals surface area contributed by atoms with Gasteiger partial charge in [-0.3, -0.25) is 0 Å². The van der Waals surface area contributed by atoms with Crippen molar-refractivity contribution in [3.8, 4) is 0 Å². The van der Waals surface area contributed by atoms with E-state index in [1.165, 1.54) is 12.8 Å². The molecule has 0 amide bonds. The second-order valence-electron chi connectivity index (χ2n) is 5.40. The number of anilines is 1. The van der Waals surface area contributed by atoms with Crippen molar-refractivity contribution in [1.82, 2.24) is 19.5 Å². The van der Waals surface area contributed by atoms with Gasteiger partial charge in [-0.15, -0.1) is 0 Å². The van der Waals surface area contributed by atoms with Crippen molar-refractivity contribution in [1.29, 1.82) is 0 Å². The normalized spacial score (nSPS) is 19.3. The highest BCUT2D eigenvalue weighted by Gasteiger charge is 2.26. The molecule has 6 heteroatoms. The summed E-state index contributed by atoms with van der Waals surface area (Å²) in [6, 6.07) is 0.392. The summed E-state index contributed by atoms with van der Waals surface area (Å²) < 4.78 is 7.71. The molecule has 0 N–H and O–H groups in total. The second-order valence-corrected chi connectivity index (χ2v) is 5.40. The molecule has 0 unspecified atom stereocenters. The number of piperidine rings is 1. The van der Waals surface area contributed by atoms with Crippen LogP contribution in [0.15, 0.2) is 12.7 Å². The van der Waals surface area contributed by atoms with E-state index < -0.39 is 0 Å². The number of fused-ring (bicyclic) bond motifs is 1. The molecule has 0 radical (unpaired) electrons. The van der Waals surface area contributed by atoms with Crippen molar-refractivity contribution in [2.45, 2.75) is 45.7 Å². The standard InChI is InChI=1S/C15H23N5O/c1-3-19-11-18-13-14(19)16-10-17-15(13)20-8-6-5-7-12(20)9-21-4-2/h10-12H,3-9H2,1-2H3/t12-/m0/s1. The van der Waals surface area contributed by atoms with Gasteiger partial charge in [-0.2, -0.15) is 0 Å². The zero-order valence-corrected chi connectivity index (χ0v) is 12.8. The van der Waals surface area contributed by atoms with Crippen molar-refractivity contribution in [2.75, 3.05) is 24.7 Å². The molecule has 1 saturated heterocycles. The third-order valence-corrected chi connectivity index (χ3v) is 4.14. The first-order chi connectivity index (χ1) is 10.3.